The zero-order valence-corrected chi connectivity index (χ0v) is 18.2. The van der Waals surface area contributed by atoms with Gasteiger partial charge in [0, 0.05) is 18.2 Å². The van der Waals surface area contributed by atoms with Crippen LogP contribution in [-0.4, -0.2) is 20.9 Å². The first-order chi connectivity index (χ1) is 15.2. The molecule has 0 aliphatic rings. The lowest BCUT2D eigenvalue weighted by Crippen LogP contribution is -2.15. The van der Waals surface area contributed by atoms with Crippen molar-refractivity contribution in [1.82, 2.24) is 0 Å². The predicted octanol–water partition coefficient (Wildman–Crippen LogP) is 5.22. The maximum atomic E-state index is 13.5. The summed E-state index contributed by atoms with van der Waals surface area (Å²) >= 11 is 6.00. The van der Waals surface area contributed by atoms with Gasteiger partial charge >= 0.3 is 0 Å². The number of rotatable bonds is 9. The highest BCUT2D eigenvalue weighted by Gasteiger charge is 2.16. The van der Waals surface area contributed by atoms with Gasteiger partial charge in [-0.1, -0.05) is 29.8 Å². The van der Waals surface area contributed by atoms with Crippen molar-refractivity contribution in [3.8, 4) is 5.75 Å². The van der Waals surface area contributed by atoms with Crippen LogP contribution in [0.2, 0.25) is 5.02 Å². The van der Waals surface area contributed by atoms with Gasteiger partial charge < -0.3 is 10.1 Å². The van der Waals surface area contributed by atoms with Gasteiger partial charge in [0.25, 0.3) is 10.0 Å². The second-order valence-corrected chi connectivity index (χ2v) is 8.78. The van der Waals surface area contributed by atoms with E-state index >= 15 is 0 Å². The Labute approximate surface area is 189 Å². The number of ether oxygens (including phenoxy) is 1. The number of hydrogen-bond donors (Lipinski definition) is 2. The molecular weight excluding hydrogens is 462 g/mol. The number of nitrogens with one attached hydrogen (secondary N) is 2. The molecule has 3 aromatic carbocycles. The Kier molecular flexibility index (Phi) is 7.66. The SMILES string of the molecule is O=C(CCCOc1ccc(F)cc1F)Nc1cccc(S(=O)(=O)Nc2ccccc2Cl)c1. The standard InChI is InChI=1S/C22H19ClF2N2O4S/c23-18-7-1-2-8-20(18)27-32(29,30)17-6-3-5-16(14-17)26-22(28)9-4-12-31-21-11-10-15(24)13-19(21)25/h1-3,5-8,10-11,13-14,27H,4,9,12H2,(H,26,28). The van der Waals surface area contributed by atoms with Crippen LogP contribution in [0.5, 0.6) is 5.75 Å². The lowest BCUT2D eigenvalue weighted by Gasteiger charge is -2.11. The molecule has 0 bridgehead atoms. The molecule has 0 radical (unpaired) electrons. The summed E-state index contributed by atoms with van der Waals surface area (Å²) in [6.07, 6.45) is 0.326. The highest BCUT2D eigenvalue weighted by atomic mass is 35.5. The first kappa shape index (κ1) is 23.5. The van der Waals surface area contributed by atoms with Crippen LogP contribution in [0.25, 0.3) is 0 Å². The van der Waals surface area contributed by atoms with Crippen LogP contribution in [0.1, 0.15) is 12.8 Å². The molecule has 0 saturated heterocycles. The zero-order chi connectivity index (χ0) is 23.1. The van der Waals surface area contributed by atoms with E-state index in [2.05, 4.69) is 10.0 Å². The summed E-state index contributed by atoms with van der Waals surface area (Å²) in [5, 5.41) is 2.86. The Morgan fingerprint density at radius 3 is 2.53 bits per heavy atom. The van der Waals surface area contributed by atoms with E-state index < -0.39 is 21.7 Å². The van der Waals surface area contributed by atoms with Crippen molar-refractivity contribution in [3.05, 3.63) is 83.4 Å². The smallest absolute Gasteiger partial charge is 0.262 e. The summed E-state index contributed by atoms with van der Waals surface area (Å²) in [5.74, 6) is -2.00. The molecule has 3 aromatic rings. The van der Waals surface area contributed by atoms with Crippen molar-refractivity contribution in [3.63, 3.8) is 0 Å². The van der Waals surface area contributed by atoms with Crippen molar-refractivity contribution in [1.29, 1.82) is 0 Å². The van der Waals surface area contributed by atoms with Crippen molar-refractivity contribution in [2.45, 2.75) is 17.7 Å². The maximum Gasteiger partial charge on any atom is 0.262 e. The molecule has 0 aliphatic carbocycles. The Bertz CT molecular complexity index is 1220. The van der Waals surface area contributed by atoms with Gasteiger partial charge in [-0.05, 0) is 48.9 Å². The lowest BCUT2D eigenvalue weighted by atomic mass is 10.2. The van der Waals surface area contributed by atoms with E-state index in [-0.39, 0.29) is 46.7 Å². The van der Waals surface area contributed by atoms with Crippen LogP contribution in [0.3, 0.4) is 0 Å². The molecule has 6 nitrogen and oxygen atoms in total. The molecule has 0 aromatic heterocycles. The summed E-state index contributed by atoms with van der Waals surface area (Å²) in [4.78, 5) is 12.1. The topological polar surface area (TPSA) is 84.5 Å². The molecule has 0 atom stereocenters. The Morgan fingerprint density at radius 1 is 1.00 bits per heavy atom. The summed E-state index contributed by atoms with van der Waals surface area (Å²) in [5.41, 5.74) is 0.531. The van der Waals surface area contributed by atoms with Crippen LogP contribution in [0.4, 0.5) is 20.2 Å². The normalized spacial score (nSPS) is 11.1. The highest BCUT2D eigenvalue weighted by molar-refractivity contribution is 7.92. The monoisotopic (exact) mass is 480 g/mol. The number of para-hydroxylation sites is 1. The lowest BCUT2D eigenvalue weighted by molar-refractivity contribution is -0.116. The third-order valence-corrected chi connectivity index (χ3v) is 5.94. The molecule has 2 N–H and O–H groups in total. The molecule has 0 aliphatic heterocycles. The van der Waals surface area contributed by atoms with Gasteiger partial charge in [0.2, 0.25) is 5.91 Å². The molecule has 0 saturated carbocycles. The zero-order valence-electron chi connectivity index (χ0n) is 16.6. The second kappa shape index (κ2) is 10.4. The van der Waals surface area contributed by atoms with Gasteiger partial charge in [-0.25, -0.2) is 17.2 Å². The van der Waals surface area contributed by atoms with Crippen LogP contribution in [0, 0.1) is 11.6 Å². The number of carbonyl (C=O) groups excluding carboxylic acids is 1. The number of halogens is 3. The molecule has 10 heteroatoms. The fraction of sp³-hybridized carbons (Fsp3) is 0.136. The van der Waals surface area contributed by atoms with Gasteiger partial charge in [-0.15, -0.1) is 0 Å². The number of anilines is 2. The van der Waals surface area contributed by atoms with Crippen LogP contribution in [0.15, 0.2) is 71.6 Å². The Hall–Kier alpha value is -3.17. The van der Waals surface area contributed by atoms with E-state index in [0.717, 1.165) is 6.07 Å². The van der Waals surface area contributed by atoms with Gasteiger partial charge in [0.05, 0.1) is 22.2 Å². The number of sulfonamides is 1. The molecule has 168 valence electrons. The third kappa shape index (κ3) is 6.41. The fourth-order valence-electron chi connectivity index (χ4n) is 2.72. The van der Waals surface area contributed by atoms with Crippen molar-refractivity contribution in [2.75, 3.05) is 16.6 Å². The summed E-state index contributed by atoms with van der Waals surface area (Å²) in [6, 6.07) is 15.1. The minimum Gasteiger partial charge on any atom is -0.491 e. The average Bonchev–Trinajstić information content (AvgIpc) is 2.74. The molecule has 32 heavy (non-hydrogen) atoms. The van der Waals surface area contributed by atoms with E-state index in [1.165, 1.54) is 30.3 Å². The average molecular weight is 481 g/mol. The molecule has 0 spiro atoms. The quantitative estimate of drug-likeness (QED) is 0.411. The Morgan fingerprint density at radius 2 is 1.78 bits per heavy atom. The predicted molar refractivity (Wildman–Crippen MR) is 118 cm³/mol. The van der Waals surface area contributed by atoms with E-state index in [1.807, 2.05) is 0 Å². The third-order valence-electron chi connectivity index (χ3n) is 4.25. The number of amides is 1. The Balaban J connectivity index is 1.54. The first-order valence-corrected chi connectivity index (χ1v) is 11.4. The highest BCUT2D eigenvalue weighted by Crippen LogP contribution is 2.25. The van der Waals surface area contributed by atoms with Crippen LogP contribution in [-0.2, 0) is 14.8 Å². The molecule has 3 rings (SSSR count). The van der Waals surface area contributed by atoms with Gasteiger partial charge in [0.15, 0.2) is 11.6 Å². The molecular formula is C22H19ClF2N2O4S. The molecule has 1 amide bonds. The number of hydrogen-bond acceptors (Lipinski definition) is 4. The molecule has 0 heterocycles. The van der Waals surface area contributed by atoms with Crippen molar-refractivity contribution < 1.29 is 26.7 Å². The van der Waals surface area contributed by atoms with E-state index in [4.69, 9.17) is 16.3 Å². The van der Waals surface area contributed by atoms with E-state index in [9.17, 15) is 22.0 Å². The van der Waals surface area contributed by atoms with Gasteiger partial charge in [-0.2, -0.15) is 0 Å². The second-order valence-electron chi connectivity index (χ2n) is 6.69. The number of carbonyl (C=O) groups is 1. The van der Waals surface area contributed by atoms with E-state index in [1.54, 1.807) is 24.3 Å². The van der Waals surface area contributed by atoms with Crippen LogP contribution >= 0.6 is 11.6 Å². The van der Waals surface area contributed by atoms with Crippen molar-refractivity contribution in [2.24, 2.45) is 0 Å². The number of benzene rings is 3. The first-order valence-electron chi connectivity index (χ1n) is 9.50. The molecule has 0 unspecified atom stereocenters. The summed E-state index contributed by atoms with van der Waals surface area (Å²) in [6.45, 7) is 0.0478. The largest absolute Gasteiger partial charge is 0.491 e. The summed E-state index contributed by atoms with van der Waals surface area (Å²) < 4.78 is 59.3. The molecule has 0 fully saturated rings. The fourth-order valence-corrected chi connectivity index (χ4v) is 4.08. The van der Waals surface area contributed by atoms with Gasteiger partial charge in [-0.3, -0.25) is 9.52 Å². The maximum absolute atomic E-state index is 13.5. The van der Waals surface area contributed by atoms with Gasteiger partial charge in [0.1, 0.15) is 5.82 Å². The summed E-state index contributed by atoms with van der Waals surface area (Å²) in [7, 11) is -3.92. The van der Waals surface area contributed by atoms with E-state index in [0.29, 0.717) is 11.8 Å². The van der Waals surface area contributed by atoms with Crippen LogP contribution < -0.4 is 14.8 Å². The minimum absolute atomic E-state index is 0.0478. The minimum atomic E-state index is -3.92. The van der Waals surface area contributed by atoms with Crippen molar-refractivity contribution >= 4 is 38.9 Å².